The molecule has 2 atom stereocenters. The van der Waals surface area contributed by atoms with Crippen molar-refractivity contribution >= 4 is 29.5 Å². The van der Waals surface area contributed by atoms with Crippen LogP contribution in [0.25, 0.3) is 0 Å². The Balaban J connectivity index is 1.55. The fraction of sp³-hybridized carbons (Fsp3) is 0.471. The van der Waals surface area contributed by atoms with Crippen LogP contribution in [0.2, 0.25) is 0 Å². The van der Waals surface area contributed by atoms with Crippen molar-refractivity contribution < 1.29 is 14.4 Å². The minimum atomic E-state index is -0.532. The fourth-order valence-electron chi connectivity index (χ4n) is 3.65. The van der Waals surface area contributed by atoms with Crippen LogP contribution in [-0.2, 0) is 9.59 Å². The summed E-state index contributed by atoms with van der Waals surface area (Å²) in [6.45, 7) is 3.14. The van der Waals surface area contributed by atoms with E-state index >= 15 is 0 Å². The Morgan fingerprint density at radius 1 is 1.12 bits per heavy atom. The van der Waals surface area contributed by atoms with Gasteiger partial charge in [-0.25, -0.2) is 0 Å². The molecule has 3 amide bonds. The van der Waals surface area contributed by atoms with Crippen LogP contribution in [-0.4, -0.2) is 75.8 Å². The Kier molecular flexibility index (Phi) is 3.75. The lowest BCUT2D eigenvalue weighted by Gasteiger charge is -2.47. The number of benzene rings is 1. The van der Waals surface area contributed by atoms with Gasteiger partial charge in [-0.1, -0.05) is 17.7 Å². The smallest absolute Gasteiger partial charge is 0.254 e. The zero-order chi connectivity index (χ0) is 16.8. The molecule has 0 N–H and O–H groups in total. The highest BCUT2D eigenvalue weighted by molar-refractivity contribution is 7.99. The molecule has 6 nitrogen and oxygen atoms in total. The number of carbonyl (C=O) groups excluding carboxylic acids is 3. The predicted octanol–water partition coefficient (Wildman–Crippen LogP) is 0.563. The highest BCUT2D eigenvalue weighted by atomic mass is 32.2. The van der Waals surface area contributed by atoms with E-state index in [1.54, 1.807) is 32.5 Å². The molecule has 7 heteroatoms. The zero-order valence-corrected chi connectivity index (χ0v) is 14.3. The van der Waals surface area contributed by atoms with Gasteiger partial charge in [-0.15, -0.1) is 11.8 Å². The van der Waals surface area contributed by atoms with Crippen molar-refractivity contribution in [3.05, 3.63) is 35.4 Å². The van der Waals surface area contributed by atoms with Gasteiger partial charge in [0.15, 0.2) is 0 Å². The molecule has 0 aromatic heterocycles. The summed E-state index contributed by atoms with van der Waals surface area (Å²) >= 11 is 1.62. The molecule has 3 aliphatic rings. The second-order valence-corrected chi connectivity index (χ2v) is 7.49. The van der Waals surface area contributed by atoms with Crippen molar-refractivity contribution in [2.75, 3.05) is 31.3 Å². The minimum absolute atomic E-state index is 0.0219. The molecular weight excluding hydrogens is 326 g/mol. The van der Waals surface area contributed by atoms with Crippen LogP contribution in [0.3, 0.4) is 0 Å². The van der Waals surface area contributed by atoms with Crippen molar-refractivity contribution in [3.8, 4) is 0 Å². The number of aryl methyl sites for hydroxylation is 1. The number of fused-ring (bicyclic) bond motifs is 2. The van der Waals surface area contributed by atoms with E-state index in [0.29, 0.717) is 30.3 Å². The van der Waals surface area contributed by atoms with Gasteiger partial charge in [0, 0.05) is 24.4 Å². The first-order valence-corrected chi connectivity index (χ1v) is 9.26. The highest BCUT2D eigenvalue weighted by Crippen LogP contribution is 2.30. The van der Waals surface area contributed by atoms with Gasteiger partial charge in [-0.2, -0.15) is 0 Å². The average Bonchev–Trinajstić information content (AvgIpc) is 3.09. The second kappa shape index (κ2) is 5.81. The van der Waals surface area contributed by atoms with E-state index in [0.717, 1.165) is 5.56 Å². The largest absolute Gasteiger partial charge is 0.334 e. The van der Waals surface area contributed by atoms with Crippen LogP contribution in [0.15, 0.2) is 24.3 Å². The Morgan fingerprint density at radius 2 is 1.92 bits per heavy atom. The molecule has 3 aliphatic heterocycles. The van der Waals surface area contributed by atoms with Gasteiger partial charge in [0.1, 0.15) is 12.1 Å². The molecule has 0 spiro atoms. The van der Waals surface area contributed by atoms with Crippen molar-refractivity contribution in [2.45, 2.75) is 19.0 Å². The number of rotatable bonds is 1. The SMILES string of the molecule is Cc1cccc(C(=O)N2CCN3C(=O)[C@@H]4CSCN4C(=O)[C@H]3C2)c1. The van der Waals surface area contributed by atoms with E-state index in [2.05, 4.69) is 0 Å². The third-order valence-electron chi connectivity index (χ3n) is 4.95. The van der Waals surface area contributed by atoms with Gasteiger partial charge in [0.05, 0.1) is 12.4 Å². The number of carbonyl (C=O) groups is 3. The molecule has 0 saturated carbocycles. The summed E-state index contributed by atoms with van der Waals surface area (Å²) in [4.78, 5) is 43.1. The molecule has 24 heavy (non-hydrogen) atoms. The summed E-state index contributed by atoms with van der Waals surface area (Å²) in [6.07, 6.45) is 0. The lowest BCUT2D eigenvalue weighted by Crippen LogP contribution is -2.69. The van der Waals surface area contributed by atoms with E-state index < -0.39 is 6.04 Å². The van der Waals surface area contributed by atoms with Gasteiger partial charge in [0.2, 0.25) is 11.8 Å². The normalized spacial score (nSPS) is 26.5. The topological polar surface area (TPSA) is 60.9 Å². The van der Waals surface area contributed by atoms with Crippen molar-refractivity contribution in [1.82, 2.24) is 14.7 Å². The average molecular weight is 345 g/mol. The third kappa shape index (κ3) is 2.38. The summed E-state index contributed by atoms with van der Waals surface area (Å²) in [7, 11) is 0. The lowest BCUT2D eigenvalue weighted by atomic mass is 10.0. The molecule has 0 bridgehead atoms. The number of amides is 3. The highest BCUT2D eigenvalue weighted by Gasteiger charge is 2.50. The first-order valence-electron chi connectivity index (χ1n) is 8.11. The summed E-state index contributed by atoms with van der Waals surface area (Å²) in [5.74, 6) is 1.20. The third-order valence-corrected chi connectivity index (χ3v) is 5.96. The summed E-state index contributed by atoms with van der Waals surface area (Å²) in [6, 6.07) is 6.62. The molecule has 3 saturated heterocycles. The van der Waals surface area contributed by atoms with Crippen LogP contribution in [0.1, 0.15) is 15.9 Å². The summed E-state index contributed by atoms with van der Waals surface area (Å²) in [5, 5.41) is 0. The zero-order valence-electron chi connectivity index (χ0n) is 13.5. The molecule has 1 aromatic rings. The van der Waals surface area contributed by atoms with E-state index in [1.807, 2.05) is 25.1 Å². The van der Waals surface area contributed by atoms with Gasteiger partial charge in [-0.3, -0.25) is 14.4 Å². The number of hydrogen-bond donors (Lipinski definition) is 0. The Hall–Kier alpha value is -2.02. The maximum Gasteiger partial charge on any atom is 0.254 e. The minimum Gasteiger partial charge on any atom is -0.334 e. The van der Waals surface area contributed by atoms with Gasteiger partial charge in [0.25, 0.3) is 5.91 Å². The lowest BCUT2D eigenvalue weighted by molar-refractivity contribution is -0.161. The maximum atomic E-state index is 12.7. The molecule has 3 fully saturated rings. The Labute approximate surface area is 144 Å². The monoisotopic (exact) mass is 345 g/mol. The quantitative estimate of drug-likeness (QED) is 0.746. The standard InChI is InChI=1S/C17H19N3O3S/c1-11-3-2-4-12(7-11)15(21)18-5-6-19-13(8-18)16(22)20-10-24-9-14(20)17(19)23/h2-4,7,13-14H,5-6,8-10H2,1H3/t13-,14+/m1/s1. The fourth-order valence-corrected chi connectivity index (χ4v) is 4.81. The van der Waals surface area contributed by atoms with Crippen LogP contribution >= 0.6 is 11.8 Å². The van der Waals surface area contributed by atoms with Crippen LogP contribution < -0.4 is 0 Å². The van der Waals surface area contributed by atoms with Gasteiger partial charge < -0.3 is 14.7 Å². The Morgan fingerprint density at radius 3 is 2.71 bits per heavy atom. The molecule has 4 rings (SSSR count). The number of nitrogens with zero attached hydrogens (tertiary/aromatic N) is 3. The summed E-state index contributed by atoms with van der Waals surface area (Å²) < 4.78 is 0. The Bertz CT molecular complexity index is 723. The summed E-state index contributed by atoms with van der Waals surface area (Å²) in [5.41, 5.74) is 1.66. The first-order chi connectivity index (χ1) is 11.6. The van der Waals surface area contributed by atoms with E-state index in [4.69, 9.17) is 0 Å². The van der Waals surface area contributed by atoms with E-state index in [9.17, 15) is 14.4 Å². The maximum absolute atomic E-state index is 12.7. The number of hydrogen-bond acceptors (Lipinski definition) is 4. The number of thioether (sulfide) groups is 1. The van der Waals surface area contributed by atoms with Gasteiger partial charge >= 0.3 is 0 Å². The van der Waals surface area contributed by atoms with E-state index in [1.165, 1.54) is 0 Å². The van der Waals surface area contributed by atoms with Crippen molar-refractivity contribution in [3.63, 3.8) is 0 Å². The van der Waals surface area contributed by atoms with Crippen molar-refractivity contribution in [2.24, 2.45) is 0 Å². The molecule has 3 heterocycles. The molecule has 0 radical (unpaired) electrons. The first kappa shape index (κ1) is 15.5. The molecular formula is C17H19N3O3S. The number of piperazine rings is 2. The van der Waals surface area contributed by atoms with Crippen LogP contribution in [0.4, 0.5) is 0 Å². The predicted molar refractivity (Wildman–Crippen MR) is 90.5 cm³/mol. The van der Waals surface area contributed by atoms with Crippen LogP contribution in [0.5, 0.6) is 0 Å². The van der Waals surface area contributed by atoms with Crippen molar-refractivity contribution in [1.29, 1.82) is 0 Å². The van der Waals surface area contributed by atoms with Gasteiger partial charge in [-0.05, 0) is 19.1 Å². The molecule has 1 aromatic carbocycles. The van der Waals surface area contributed by atoms with Crippen LogP contribution in [0, 0.1) is 6.92 Å². The molecule has 0 aliphatic carbocycles. The van der Waals surface area contributed by atoms with E-state index in [-0.39, 0.29) is 30.3 Å². The molecule has 126 valence electrons. The second-order valence-electron chi connectivity index (χ2n) is 6.49. The molecule has 0 unspecified atom stereocenters.